The molecule has 0 spiro atoms. The van der Waals surface area contributed by atoms with Gasteiger partial charge in [0.1, 0.15) is 12.4 Å². The van der Waals surface area contributed by atoms with Crippen LogP contribution in [-0.4, -0.2) is 33.0 Å². The van der Waals surface area contributed by atoms with Gasteiger partial charge in [-0.15, -0.1) is 0 Å². The second-order valence-electron chi connectivity index (χ2n) is 7.63. The molecule has 1 aliphatic rings. The molecule has 0 atom stereocenters. The molecule has 0 unspecified atom stereocenters. The van der Waals surface area contributed by atoms with E-state index in [1.807, 2.05) is 26.0 Å². The monoisotopic (exact) mass is 450 g/mol. The Labute approximate surface area is 192 Å². The van der Waals surface area contributed by atoms with Gasteiger partial charge in [-0.1, -0.05) is 31.5 Å². The smallest absolute Gasteiger partial charge is 0.258 e. The van der Waals surface area contributed by atoms with E-state index in [1.165, 1.54) is 22.7 Å². The van der Waals surface area contributed by atoms with Crippen LogP contribution in [0.3, 0.4) is 0 Å². The Hall–Kier alpha value is -3.09. The maximum absolute atomic E-state index is 12.7. The van der Waals surface area contributed by atoms with Gasteiger partial charge in [0.15, 0.2) is 0 Å². The fourth-order valence-corrected chi connectivity index (χ4v) is 4.05. The molecule has 6 nitrogen and oxygen atoms in total. The number of nitrogens with zero attached hydrogens (tertiary/aromatic N) is 3. The van der Waals surface area contributed by atoms with Crippen molar-refractivity contribution in [3.8, 4) is 11.4 Å². The Morgan fingerprint density at radius 3 is 2.75 bits per heavy atom. The molecular weight excluding hydrogens is 424 g/mol. The van der Waals surface area contributed by atoms with Gasteiger partial charge in [-0.3, -0.25) is 14.3 Å². The van der Waals surface area contributed by atoms with Crippen LogP contribution >= 0.6 is 11.6 Å². The number of H-pyrrole nitrogens is 1. The van der Waals surface area contributed by atoms with Crippen LogP contribution in [0.25, 0.3) is 16.6 Å². The molecule has 0 aliphatic carbocycles. The standard InChI is InChI=1S/C23H21ClN4O2.C2H6/c1-27-8-7-20-19-5-4-17(10-21(19)26-22(20)13-27)28-9-6-18(11-23(28)29)30-14-16-3-2-15(24)12-25-16;1-2/h2-6,9-12,26H,7-8,13-14H2,1H3;1-2H3. The van der Waals surface area contributed by atoms with Gasteiger partial charge in [-0.25, -0.2) is 0 Å². The highest BCUT2D eigenvalue weighted by Crippen LogP contribution is 2.28. The molecule has 0 saturated heterocycles. The Morgan fingerprint density at radius 2 is 2.00 bits per heavy atom. The maximum Gasteiger partial charge on any atom is 0.258 e. The number of pyridine rings is 2. The van der Waals surface area contributed by atoms with Crippen molar-refractivity contribution < 1.29 is 4.74 Å². The SMILES string of the molecule is CC.CN1CCc2c([nH]c3cc(-n4ccc(OCc5ccc(Cl)cn5)cc4=O)ccc23)C1. The minimum atomic E-state index is -0.146. The first kappa shape index (κ1) is 22.1. The van der Waals surface area contributed by atoms with E-state index in [1.54, 1.807) is 35.2 Å². The third-order valence-electron chi connectivity index (χ3n) is 5.49. The lowest BCUT2D eigenvalue weighted by molar-refractivity contribution is 0.300. The molecule has 0 fully saturated rings. The molecule has 1 N–H and O–H groups in total. The van der Waals surface area contributed by atoms with Gasteiger partial charge in [-0.2, -0.15) is 0 Å². The molecule has 4 aromatic rings. The Morgan fingerprint density at radius 1 is 1.16 bits per heavy atom. The normalized spacial score (nSPS) is 13.4. The third-order valence-corrected chi connectivity index (χ3v) is 5.72. The van der Waals surface area contributed by atoms with E-state index in [9.17, 15) is 4.79 Å². The van der Waals surface area contributed by atoms with Crippen molar-refractivity contribution in [2.45, 2.75) is 33.4 Å². The number of halogens is 1. The number of rotatable bonds is 4. The number of likely N-dealkylation sites (N-methyl/N-ethyl adjacent to an activating group) is 1. The van der Waals surface area contributed by atoms with Crippen molar-refractivity contribution in [3.63, 3.8) is 0 Å². The van der Waals surface area contributed by atoms with Gasteiger partial charge < -0.3 is 14.6 Å². The van der Waals surface area contributed by atoms with Gasteiger partial charge in [0, 0.05) is 48.1 Å². The first-order valence-corrected chi connectivity index (χ1v) is 11.2. The number of fused-ring (bicyclic) bond motifs is 3. The number of ether oxygens (including phenoxy) is 1. The van der Waals surface area contributed by atoms with Crippen LogP contribution in [0.5, 0.6) is 5.75 Å². The van der Waals surface area contributed by atoms with Crippen molar-refractivity contribution in [1.82, 2.24) is 19.4 Å². The number of aromatic nitrogens is 3. The summed E-state index contributed by atoms with van der Waals surface area (Å²) < 4.78 is 7.33. The van der Waals surface area contributed by atoms with Gasteiger partial charge in [0.2, 0.25) is 0 Å². The zero-order chi connectivity index (χ0) is 22.7. The number of hydrogen-bond acceptors (Lipinski definition) is 4. The summed E-state index contributed by atoms with van der Waals surface area (Å²) in [5, 5.41) is 1.82. The first-order chi connectivity index (χ1) is 15.6. The van der Waals surface area contributed by atoms with E-state index in [-0.39, 0.29) is 12.2 Å². The number of benzene rings is 1. The van der Waals surface area contributed by atoms with Crippen molar-refractivity contribution in [1.29, 1.82) is 0 Å². The summed E-state index contributed by atoms with van der Waals surface area (Å²) in [5.41, 5.74) is 5.14. The second kappa shape index (κ2) is 9.59. The highest BCUT2D eigenvalue weighted by atomic mass is 35.5. The van der Waals surface area contributed by atoms with E-state index in [0.29, 0.717) is 10.8 Å². The average Bonchev–Trinajstić information content (AvgIpc) is 3.16. The van der Waals surface area contributed by atoms with Crippen molar-refractivity contribution in [2.75, 3.05) is 13.6 Å². The molecule has 166 valence electrons. The lowest BCUT2D eigenvalue weighted by atomic mass is 10.0. The molecule has 0 amide bonds. The van der Waals surface area contributed by atoms with Gasteiger partial charge in [0.05, 0.1) is 16.4 Å². The molecule has 1 aliphatic heterocycles. The fourth-order valence-electron chi connectivity index (χ4n) is 3.93. The third kappa shape index (κ3) is 4.56. The Kier molecular flexibility index (Phi) is 6.63. The average molecular weight is 451 g/mol. The van der Waals surface area contributed by atoms with Gasteiger partial charge in [0.25, 0.3) is 5.56 Å². The van der Waals surface area contributed by atoms with Crippen molar-refractivity contribution >= 4 is 22.5 Å². The largest absolute Gasteiger partial charge is 0.487 e. The molecule has 4 heterocycles. The van der Waals surface area contributed by atoms with Crippen LogP contribution in [0.4, 0.5) is 0 Å². The van der Waals surface area contributed by atoms with E-state index in [2.05, 4.69) is 28.0 Å². The summed E-state index contributed by atoms with van der Waals surface area (Å²) in [5.74, 6) is 0.507. The lowest BCUT2D eigenvalue weighted by Gasteiger charge is -2.22. The summed E-state index contributed by atoms with van der Waals surface area (Å²) in [6, 6.07) is 13.0. The van der Waals surface area contributed by atoms with Crippen LogP contribution in [0.1, 0.15) is 30.8 Å². The molecule has 5 rings (SSSR count). The fraction of sp³-hybridized carbons (Fsp3) is 0.280. The van der Waals surface area contributed by atoms with Crippen LogP contribution in [0.2, 0.25) is 5.02 Å². The van der Waals surface area contributed by atoms with Crippen molar-refractivity contribution in [2.24, 2.45) is 0 Å². The van der Waals surface area contributed by atoms with E-state index in [0.717, 1.165) is 36.4 Å². The second-order valence-corrected chi connectivity index (χ2v) is 8.06. The minimum Gasteiger partial charge on any atom is -0.487 e. The first-order valence-electron chi connectivity index (χ1n) is 10.9. The zero-order valence-corrected chi connectivity index (χ0v) is 19.3. The van der Waals surface area contributed by atoms with Gasteiger partial charge in [-0.05, 0) is 49.4 Å². The topological polar surface area (TPSA) is 63.1 Å². The molecule has 0 bridgehead atoms. The summed E-state index contributed by atoms with van der Waals surface area (Å²) in [7, 11) is 2.13. The summed E-state index contributed by atoms with van der Waals surface area (Å²) in [4.78, 5) is 22.7. The number of hydrogen-bond donors (Lipinski definition) is 1. The van der Waals surface area contributed by atoms with E-state index >= 15 is 0 Å². The molecule has 0 saturated carbocycles. The van der Waals surface area contributed by atoms with Crippen molar-refractivity contribution in [3.05, 3.63) is 87.2 Å². The Bertz CT molecular complexity index is 1280. The van der Waals surface area contributed by atoms with E-state index < -0.39 is 0 Å². The van der Waals surface area contributed by atoms with E-state index in [4.69, 9.17) is 16.3 Å². The highest BCUT2D eigenvalue weighted by Gasteiger charge is 2.18. The summed E-state index contributed by atoms with van der Waals surface area (Å²) in [6.07, 6.45) is 4.36. The maximum atomic E-state index is 12.7. The number of nitrogens with one attached hydrogen (secondary N) is 1. The predicted molar refractivity (Wildman–Crippen MR) is 129 cm³/mol. The number of aromatic amines is 1. The van der Waals surface area contributed by atoms with Gasteiger partial charge >= 0.3 is 0 Å². The molecule has 32 heavy (non-hydrogen) atoms. The quantitative estimate of drug-likeness (QED) is 0.477. The van der Waals surface area contributed by atoms with Crippen LogP contribution in [-0.2, 0) is 19.6 Å². The minimum absolute atomic E-state index is 0.146. The molecule has 0 radical (unpaired) electrons. The summed E-state index contributed by atoms with van der Waals surface area (Å²) in [6.45, 7) is 6.26. The molecule has 1 aromatic carbocycles. The Balaban J connectivity index is 0.00000119. The zero-order valence-electron chi connectivity index (χ0n) is 18.6. The lowest BCUT2D eigenvalue weighted by Crippen LogP contribution is -2.26. The molecule has 3 aromatic heterocycles. The van der Waals surface area contributed by atoms with Crippen LogP contribution in [0.15, 0.2) is 59.7 Å². The predicted octanol–water partition coefficient (Wildman–Crippen LogP) is 4.96. The van der Waals surface area contributed by atoms with Crippen LogP contribution in [0, 0.1) is 0 Å². The van der Waals surface area contributed by atoms with Crippen LogP contribution < -0.4 is 10.3 Å². The summed E-state index contributed by atoms with van der Waals surface area (Å²) >= 11 is 5.85. The molecular formula is C25H27ClN4O2. The highest BCUT2D eigenvalue weighted by molar-refractivity contribution is 6.30. The molecule has 7 heteroatoms.